The van der Waals surface area contributed by atoms with E-state index in [0.29, 0.717) is 0 Å². The van der Waals surface area contributed by atoms with Gasteiger partial charge in [-0.2, -0.15) is 10.2 Å². The van der Waals surface area contributed by atoms with E-state index in [1.807, 2.05) is 30.2 Å². The number of H-pyrrole nitrogens is 1. The molecule has 0 aliphatic rings. The molecular formula is C13H15N5S. The molecule has 19 heavy (non-hydrogen) atoms. The number of aryl methyl sites for hydroxylation is 1. The quantitative estimate of drug-likeness (QED) is 0.749. The van der Waals surface area contributed by atoms with Gasteiger partial charge in [0.05, 0.1) is 11.1 Å². The summed E-state index contributed by atoms with van der Waals surface area (Å²) in [5, 5.41) is 16.9. The molecule has 0 atom stereocenters. The van der Waals surface area contributed by atoms with Crippen LogP contribution < -0.4 is 5.32 Å². The van der Waals surface area contributed by atoms with E-state index in [-0.39, 0.29) is 0 Å². The Morgan fingerprint density at radius 2 is 2.37 bits per heavy atom. The monoisotopic (exact) mass is 273 g/mol. The van der Waals surface area contributed by atoms with Crippen molar-refractivity contribution < 1.29 is 0 Å². The molecule has 0 aliphatic heterocycles. The summed E-state index contributed by atoms with van der Waals surface area (Å²) >= 11 is 1.70. The Morgan fingerprint density at radius 1 is 1.42 bits per heavy atom. The minimum absolute atomic E-state index is 0.771. The minimum Gasteiger partial charge on any atom is -0.307 e. The summed E-state index contributed by atoms with van der Waals surface area (Å²) < 4.78 is 1.81. The second kappa shape index (κ2) is 5.38. The molecule has 3 aromatic heterocycles. The van der Waals surface area contributed by atoms with Gasteiger partial charge in [-0.3, -0.25) is 9.78 Å². The van der Waals surface area contributed by atoms with Crippen LogP contribution >= 0.6 is 11.3 Å². The molecule has 3 rings (SSSR count). The third-order valence-electron chi connectivity index (χ3n) is 2.81. The first-order chi connectivity index (χ1) is 9.31. The number of thiophene rings is 1. The molecule has 0 bridgehead atoms. The van der Waals surface area contributed by atoms with Crippen molar-refractivity contribution in [2.24, 2.45) is 7.05 Å². The fourth-order valence-corrected chi connectivity index (χ4v) is 2.59. The summed E-state index contributed by atoms with van der Waals surface area (Å²) in [5.74, 6) is 0. The van der Waals surface area contributed by atoms with Crippen molar-refractivity contribution in [1.29, 1.82) is 0 Å². The predicted molar refractivity (Wildman–Crippen MR) is 75.7 cm³/mol. The van der Waals surface area contributed by atoms with Crippen LogP contribution in [-0.4, -0.2) is 20.0 Å². The lowest BCUT2D eigenvalue weighted by Gasteiger charge is -1.99. The predicted octanol–water partition coefficient (Wildman–Crippen LogP) is 2.16. The highest BCUT2D eigenvalue weighted by atomic mass is 32.1. The number of hydrogen-bond acceptors (Lipinski definition) is 4. The van der Waals surface area contributed by atoms with Gasteiger partial charge < -0.3 is 5.32 Å². The van der Waals surface area contributed by atoms with Crippen molar-refractivity contribution in [1.82, 2.24) is 25.3 Å². The van der Waals surface area contributed by atoms with Gasteiger partial charge in [-0.15, -0.1) is 11.3 Å². The molecule has 0 amide bonds. The van der Waals surface area contributed by atoms with Gasteiger partial charge in [-0.1, -0.05) is 6.07 Å². The van der Waals surface area contributed by atoms with Crippen LogP contribution in [0.15, 0.2) is 36.0 Å². The third kappa shape index (κ3) is 2.91. The lowest BCUT2D eigenvalue weighted by Crippen LogP contribution is -2.12. The molecular weight excluding hydrogens is 258 g/mol. The smallest absolute Gasteiger partial charge is 0.102 e. The zero-order chi connectivity index (χ0) is 13.1. The van der Waals surface area contributed by atoms with Gasteiger partial charge in [0.25, 0.3) is 0 Å². The Labute approximate surface area is 115 Å². The Kier molecular flexibility index (Phi) is 3.43. The topological polar surface area (TPSA) is 58.5 Å². The lowest BCUT2D eigenvalue weighted by molar-refractivity contribution is 0.676. The molecule has 0 radical (unpaired) electrons. The van der Waals surface area contributed by atoms with Crippen molar-refractivity contribution in [2.75, 3.05) is 0 Å². The second-order valence-corrected chi connectivity index (χ2v) is 5.33. The maximum absolute atomic E-state index is 4.32. The van der Waals surface area contributed by atoms with Gasteiger partial charge in [0.1, 0.15) is 5.69 Å². The molecule has 3 aromatic rings. The van der Waals surface area contributed by atoms with Crippen LogP contribution in [0, 0.1) is 0 Å². The first kappa shape index (κ1) is 12.1. The highest BCUT2D eigenvalue weighted by Crippen LogP contribution is 2.22. The molecule has 0 fully saturated rings. The molecule has 98 valence electrons. The first-order valence-corrected chi connectivity index (χ1v) is 6.95. The summed E-state index contributed by atoms with van der Waals surface area (Å²) in [4.78, 5) is 1.19. The number of aromatic nitrogens is 4. The Bertz CT molecular complexity index is 638. The van der Waals surface area contributed by atoms with Crippen molar-refractivity contribution in [3.8, 4) is 10.6 Å². The number of nitrogens with zero attached hydrogens (tertiary/aromatic N) is 3. The summed E-state index contributed by atoms with van der Waals surface area (Å²) in [6.07, 6.45) is 3.88. The molecule has 0 spiro atoms. The molecule has 0 aromatic carbocycles. The van der Waals surface area contributed by atoms with E-state index in [9.17, 15) is 0 Å². The standard InChI is InChI=1S/C13H15N5S/c1-18-9-10(7-15-18)6-14-8-11-5-12(17-16-11)13-3-2-4-19-13/h2-5,7,9,14H,6,8H2,1H3,(H,16,17). The fourth-order valence-electron chi connectivity index (χ4n) is 1.91. The lowest BCUT2D eigenvalue weighted by atomic mass is 10.3. The Morgan fingerprint density at radius 3 is 3.11 bits per heavy atom. The maximum atomic E-state index is 4.32. The van der Waals surface area contributed by atoms with Crippen molar-refractivity contribution in [2.45, 2.75) is 13.1 Å². The van der Waals surface area contributed by atoms with Crippen LogP contribution in [0.3, 0.4) is 0 Å². The molecule has 6 heteroatoms. The van der Waals surface area contributed by atoms with E-state index in [4.69, 9.17) is 0 Å². The first-order valence-electron chi connectivity index (χ1n) is 6.07. The average molecular weight is 273 g/mol. The Balaban J connectivity index is 1.56. The third-order valence-corrected chi connectivity index (χ3v) is 3.70. The largest absolute Gasteiger partial charge is 0.307 e. The highest BCUT2D eigenvalue weighted by Gasteiger charge is 2.04. The molecule has 0 saturated carbocycles. The molecule has 0 saturated heterocycles. The molecule has 0 unspecified atom stereocenters. The van der Waals surface area contributed by atoms with Crippen LogP contribution in [0.1, 0.15) is 11.3 Å². The van der Waals surface area contributed by atoms with Gasteiger partial charge in [-0.25, -0.2) is 0 Å². The number of rotatable bonds is 5. The van der Waals surface area contributed by atoms with Crippen LogP contribution in [0.2, 0.25) is 0 Å². The molecule has 2 N–H and O–H groups in total. The van der Waals surface area contributed by atoms with E-state index >= 15 is 0 Å². The van der Waals surface area contributed by atoms with Crippen LogP contribution in [0.5, 0.6) is 0 Å². The van der Waals surface area contributed by atoms with Crippen LogP contribution in [0.25, 0.3) is 10.6 Å². The summed E-state index contributed by atoms with van der Waals surface area (Å²) in [7, 11) is 1.92. The van der Waals surface area contributed by atoms with E-state index in [1.165, 1.54) is 10.4 Å². The summed E-state index contributed by atoms with van der Waals surface area (Å²) in [6, 6.07) is 6.20. The van der Waals surface area contributed by atoms with Gasteiger partial charge in [-0.05, 0) is 17.5 Å². The van der Waals surface area contributed by atoms with Crippen molar-refractivity contribution in [3.05, 3.63) is 47.2 Å². The highest BCUT2D eigenvalue weighted by molar-refractivity contribution is 7.13. The fraction of sp³-hybridized carbons (Fsp3) is 0.231. The van der Waals surface area contributed by atoms with E-state index in [2.05, 4.69) is 38.1 Å². The zero-order valence-corrected chi connectivity index (χ0v) is 11.4. The maximum Gasteiger partial charge on any atom is 0.102 e. The SMILES string of the molecule is Cn1cc(CNCc2cc(-c3cccs3)n[nH]2)cn1. The molecule has 0 aliphatic carbocycles. The van der Waals surface area contributed by atoms with Gasteiger partial charge in [0.2, 0.25) is 0 Å². The summed E-state index contributed by atoms with van der Waals surface area (Å²) in [6.45, 7) is 1.58. The van der Waals surface area contributed by atoms with Gasteiger partial charge in [0, 0.05) is 37.6 Å². The van der Waals surface area contributed by atoms with Crippen molar-refractivity contribution >= 4 is 11.3 Å². The van der Waals surface area contributed by atoms with Gasteiger partial charge >= 0.3 is 0 Å². The van der Waals surface area contributed by atoms with Gasteiger partial charge in [0.15, 0.2) is 0 Å². The van der Waals surface area contributed by atoms with Crippen LogP contribution in [-0.2, 0) is 20.1 Å². The minimum atomic E-state index is 0.771. The normalized spacial score (nSPS) is 11.0. The molecule has 3 heterocycles. The molecule has 5 nitrogen and oxygen atoms in total. The van der Waals surface area contributed by atoms with E-state index in [0.717, 1.165) is 24.5 Å². The number of nitrogens with one attached hydrogen (secondary N) is 2. The van der Waals surface area contributed by atoms with E-state index < -0.39 is 0 Å². The number of aromatic amines is 1. The van der Waals surface area contributed by atoms with Crippen LogP contribution in [0.4, 0.5) is 0 Å². The average Bonchev–Trinajstić information content (AvgIpc) is 3.09. The zero-order valence-electron chi connectivity index (χ0n) is 10.6. The second-order valence-electron chi connectivity index (χ2n) is 4.38. The van der Waals surface area contributed by atoms with E-state index in [1.54, 1.807) is 11.3 Å². The Hall–Kier alpha value is -1.92. The summed E-state index contributed by atoms with van der Waals surface area (Å²) in [5.41, 5.74) is 3.28. The van der Waals surface area contributed by atoms with Crippen molar-refractivity contribution in [3.63, 3.8) is 0 Å². The number of hydrogen-bond donors (Lipinski definition) is 2.